The SMILES string of the molecule is COc1ccc(C(=O)N2C(=O)S/C(=C/c3ccc(Cl)cc3Cl)C2=O)cc1. The van der Waals surface area contributed by atoms with E-state index >= 15 is 0 Å². The molecule has 0 saturated carbocycles. The Kier molecular flexibility index (Phi) is 5.36. The summed E-state index contributed by atoms with van der Waals surface area (Å²) in [5.41, 5.74) is 0.734. The molecule has 0 atom stereocenters. The van der Waals surface area contributed by atoms with E-state index < -0.39 is 17.1 Å². The first-order valence-electron chi connectivity index (χ1n) is 7.32. The second-order valence-electron chi connectivity index (χ2n) is 5.22. The number of methoxy groups -OCH3 is 1. The Balaban J connectivity index is 1.88. The average molecular weight is 408 g/mol. The van der Waals surface area contributed by atoms with Gasteiger partial charge in [-0.25, -0.2) is 4.90 Å². The van der Waals surface area contributed by atoms with Gasteiger partial charge in [0.2, 0.25) is 0 Å². The van der Waals surface area contributed by atoms with Gasteiger partial charge in [-0.2, -0.15) is 0 Å². The van der Waals surface area contributed by atoms with Gasteiger partial charge in [-0.3, -0.25) is 14.4 Å². The van der Waals surface area contributed by atoms with Crippen LogP contribution < -0.4 is 4.74 Å². The molecule has 3 amide bonds. The first-order chi connectivity index (χ1) is 12.4. The highest BCUT2D eigenvalue weighted by molar-refractivity contribution is 8.18. The van der Waals surface area contributed by atoms with Gasteiger partial charge in [0.25, 0.3) is 11.8 Å². The van der Waals surface area contributed by atoms with Crippen LogP contribution in [0.25, 0.3) is 6.08 Å². The van der Waals surface area contributed by atoms with E-state index in [4.69, 9.17) is 27.9 Å². The predicted octanol–water partition coefficient (Wildman–Crippen LogP) is 4.88. The molecule has 0 radical (unpaired) electrons. The molecule has 0 aliphatic carbocycles. The van der Waals surface area contributed by atoms with E-state index in [0.29, 0.717) is 38.0 Å². The van der Waals surface area contributed by atoms with Crippen molar-refractivity contribution in [3.05, 3.63) is 68.5 Å². The molecule has 1 heterocycles. The Hall–Kier alpha value is -2.28. The molecular formula is C18H11Cl2NO4S. The summed E-state index contributed by atoms with van der Waals surface area (Å²) < 4.78 is 5.03. The maximum atomic E-state index is 12.5. The Labute approximate surface area is 163 Å². The Morgan fingerprint density at radius 2 is 1.81 bits per heavy atom. The highest BCUT2D eigenvalue weighted by Gasteiger charge is 2.40. The van der Waals surface area contributed by atoms with Crippen molar-refractivity contribution in [2.75, 3.05) is 7.11 Å². The lowest BCUT2D eigenvalue weighted by atomic mass is 10.2. The van der Waals surface area contributed by atoms with Crippen molar-refractivity contribution in [1.29, 1.82) is 0 Å². The number of amides is 3. The monoisotopic (exact) mass is 407 g/mol. The van der Waals surface area contributed by atoms with E-state index in [-0.39, 0.29) is 10.5 Å². The molecule has 132 valence electrons. The van der Waals surface area contributed by atoms with E-state index in [2.05, 4.69) is 0 Å². The molecule has 26 heavy (non-hydrogen) atoms. The molecule has 1 saturated heterocycles. The van der Waals surface area contributed by atoms with Crippen LogP contribution in [0.4, 0.5) is 4.79 Å². The normalized spacial score (nSPS) is 15.7. The average Bonchev–Trinajstić information content (AvgIpc) is 2.90. The van der Waals surface area contributed by atoms with Crippen LogP contribution in [0.2, 0.25) is 10.0 Å². The number of hydrogen-bond donors (Lipinski definition) is 0. The van der Waals surface area contributed by atoms with Crippen LogP contribution in [0.1, 0.15) is 15.9 Å². The van der Waals surface area contributed by atoms with Crippen LogP contribution in [-0.2, 0) is 4.79 Å². The number of imide groups is 3. The van der Waals surface area contributed by atoms with Crippen LogP contribution in [0.15, 0.2) is 47.4 Å². The van der Waals surface area contributed by atoms with Crippen molar-refractivity contribution in [3.63, 3.8) is 0 Å². The highest BCUT2D eigenvalue weighted by Crippen LogP contribution is 2.35. The van der Waals surface area contributed by atoms with Gasteiger partial charge in [-0.1, -0.05) is 29.3 Å². The van der Waals surface area contributed by atoms with Gasteiger partial charge >= 0.3 is 5.24 Å². The number of carbonyl (C=O) groups is 3. The third kappa shape index (κ3) is 3.62. The van der Waals surface area contributed by atoms with E-state index in [0.717, 1.165) is 0 Å². The van der Waals surface area contributed by atoms with Crippen LogP contribution in [0.5, 0.6) is 5.75 Å². The van der Waals surface area contributed by atoms with E-state index in [9.17, 15) is 14.4 Å². The summed E-state index contributed by atoms with van der Waals surface area (Å²) in [6.45, 7) is 0. The second-order valence-corrected chi connectivity index (χ2v) is 7.05. The second kappa shape index (κ2) is 7.53. The molecule has 0 aromatic heterocycles. The summed E-state index contributed by atoms with van der Waals surface area (Å²) in [4.78, 5) is 38.0. The van der Waals surface area contributed by atoms with Gasteiger partial charge in [0, 0.05) is 15.6 Å². The zero-order valence-corrected chi connectivity index (χ0v) is 15.7. The quantitative estimate of drug-likeness (QED) is 0.535. The van der Waals surface area contributed by atoms with Crippen molar-refractivity contribution in [3.8, 4) is 5.75 Å². The largest absolute Gasteiger partial charge is 0.497 e. The Morgan fingerprint density at radius 3 is 2.42 bits per heavy atom. The minimum Gasteiger partial charge on any atom is -0.497 e. The topological polar surface area (TPSA) is 63.7 Å². The minimum absolute atomic E-state index is 0.112. The molecule has 0 bridgehead atoms. The molecule has 0 spiro atoms. The molecule has 1 fully saturated rings. The molecular weight excluding hydrogens is 397 g/mol. The third-order valence-corrected chi connectivity index (χ3v) is 5.01. The zero-order valence-electron chi connectivity index (χ0n) is 13.4. The van der Waals surface area contributed by atoms with E-state index in [1.807, 2.05) is 0 Å². The van der Waals surface area contributed by atoms with Crippen LogP contribution in [0.3, 0.4) is 0 Å². The van der Waals surface area contributed by atoms with Crippen molar-refractivity contribution in [2.45, 2.75) is 0 Å². The number of rotatable bonds is 3. The first kappa shape index (κ1) is 18.5. The molecule has 2 aromatic carbocycles. The van der Waals surface area contributed by atoms with Crippen LogP contribution >= 0.6 is 35.0 Å². The number of benzene rings is 2. The standard InChI is InChI=1S/C18H11Cl2NO4S/c1-25-13-6-3-10(4-7-13)16(22)21-17(23)15(26-18(21)24)8-11-2-5-12(19)9-14(11)20/h2-9H,1H3/b15-8+. The lowest BCUT2D eigenvalue weighted by Gasteiger charge is -2.10. The molecule has 3 rings (SSSR count). The highest BCUT2D eigenvalue weighted by atomic mass is 35.5. The summed E-state index contributed by atoms with van der Waals surface area (Å²) in [6.07, 6.45) is 1.46. The van der Waals surface area contributed by atoms with E-state index in [1.165, 1.54) is 31.4 Å². The Morgan fingerprint density at radius 1 is 1.12 bits per heavy atom. The number of thioether (sulfide) groups is 1. The van der Waals surface area contributed by atoms with Crippen molar-refractivity contribution in [1.82, 2.24) is 4.90 Å². The third-order valence-electron chi connectivity index (χ3n) is 3.58. The maximum absolute atomic E-state index is 12.5. The summed E-state index contributed by atoms with van der Waals surface area (Å²) in [6, 6.07) is 10.9. The predicted molar refractivity (Wildman–Crippen MR) is 102 cm³/mol. The lowest BCUT2D eigenvalue weighted by Crippen LogP contribution is -2.34. The summed E-state index contributed by atoms with van der Waals surface area (Å²) in [5.74, 6) is -0.819. The first-order valence-corrected chi connectivity index (χ1v) is 8.89. The smallest absolute Gasteiger partial charge is 0.300 e. The van der Waals surface area contributed by atoms with Gasteiger partial charge in [-0.05, 0) is 59.8 Å². The molecule has 1 aliphatic heterocycles. The summed E-state index contributed by atoms with van der Waals surface area (Å²) in [5, 5.41) is 0.132. The fourth-order valence-corrected chi connectivity index (χ4v) is 3.54. The van der Waals surface area contributed by atoms with Crippen molar-refractivity contribution < 1.29 is 19.1 Å². The van der Waals surface area contributed by atoms with Crippen molar-refractivity contribution >= 4 is 58.1 Å². The lowest BCUT2D eigenvalue weighted by molar-refractivity contribution is -0.120. The van der Waals surface area contributed by atoms with Crippen molar-refractivity contribution in [2.24, 2.45) is 0 Å². The fourth-order valence-electron chi connectivity index (χ4n) is 2.27. The summed E-state index contributed by atoms with van der Waals surface area (Å²) in [7, 11) is 1.50. The molecule has 0 unspecified atom stereocenters. The van der Waals surface area contributed by atoms with E-state index in [1.54, 1.807) is 24.3 Å². The molecule has 0 N–H and O–H groups in total. The van der Waals surface area contributed by atoms with Gasteiger partial charge in [-0.15, -0.1) is 0 Å². The fraction of sp³-hybridized carbons (Fsp3) is 0.0556. The van der Waals surface area contributed by atoms with Gasteiger partial charge in [0.05, 0.1) is 12.0 Å². The number of carbonyl (C=O) groups excluding carboxylic acids is 3. The number of halogens is 2. The van der Waals surface area contributed by atoms with Gasteiger partial charge in [0.15, 0.2) is 0 Å². The molecule has 5 nitrogen and oxygen atoms in total. The summed E-state index contributed by atoms with van der Waals surface area (Å²) >= 11 is 12.6. The molecule has 2 aromatic rings. The number of nitrogens with zero attached hydrogens (tertiary/aromatic N) is 1. The molecule has 8 heteroatoms. The molecule has 1 aliphatic rings. The number of hydrogen-bond acceptors (Lipinski definition) is 5. The zero-order chi connectivity index (χ0) is 18.8. The van der Waals surface area contributed by atoms with Crippen LogP contribution in [0, 0.1) is 0 Å². The maximum Gasteiger partial charge on any atom is 0.300 e. The number of ether oxygens (including phenoxy) is 1. The Bertz CT molecular complexity index is 941. The van der Waals surface area contributed by atoms with Crippen LogP contribution in [-0.4, -0.2) is 29.1 Å². The minimum atomic E-state index is -0.694. The van der Waals surface area contributed by atoms with Gasteiger partial charge < -0.3 is 4.74 Å². The van der Waals surface area contributed by atoms with Gasteiger partial charge in [0.1, 0.15) is 5.75 Å².